The fourth-order valence-corrected chi connectivity index (χ4v) is 12.9. The molecule has 0 aliphatic carbocycles. The van der Waals surface area contributed by atoms with E-state index in [1.54, 1.807) is 6.08 Å². The standard InChI is InChI=1S/C73H137NO18/c1-3-5-7-9-11-13-15-17-19-21-23-25-27-29-30-32-34-36-38-40-42-44-46-48-50-57(78)56(74-61(79)51-49-47-45-43-41-39-37-35-33-31-28-26-24-22-20-18-16-14-12-10-8-6-4-2)55-87-71-67(85)64(82)69(59(53-76)89-71)92-73-68(86)65(83)70(60(54-77)90-73)91-72-66(84)63(81)62(80)58(52-75)88-72/h22,24,48,50,56-60,62-73,75-78,80-86H,3-21,23,25-47,49,51-55H2,1-2H3,(H,74,79)/b24-22-,50-48+. The summed E-state index contributed by atoms with van der Waals surface area (Å²) < 4.78 is 34.4. The molecule has 3 aliphatic rings. The second-order valence-corrected chi connectivity index (χ2v) is 27.1. The molecule has 0 aromatic rings. The molecule has 3 aliphatic heterocycles. The minimum Gasteiger partial charge on any atom is -0.394 e. The summed E-state index contributed by atoms with van der Waals surface area (Å²) in [6.45, 7) is 1.78. The lowest BCUT2D eigenvalue weighted by atomic mass is 9.96. The molecule has 1 amide bonds. The van der Waals surface area contributed by atoms with Gasteiger partial charge in [0.1, 0.15) is 73.2 Å². The number of aliphatic hydroxyl groups is 11. The largest absolute Gasteiger partial charge is 0.394 e. The van der Waals surface area contributed by atoms with E-state index in [1.165, 1.54) is 231 Å². The van der Waals surface area contributed by atoms with E-state index in [0.717, 1.165) is 44.9 Å². The normalized spacial score (nSPS) is 27.8. The number of carbonyl (C=O) groups is 1. The lowest BCUT2D eigenvalue weighted by molar-refractivity contribution is -0.379. The van der Waals surface area contributed by atoms with Crippen molar-refractivity contribution >= 4 is 5.91 Å². The van der Waals surface area contributed by atoms with E-state index in [2.05, 4.69) is 31.3 Å². The SMILES string of the molecule is CCCCCCCCCC/C=C\CCCCCCCCCCCCCC(=O)NC(COC1OC(CO)C(OC2OC(CO)C(OC3OC(CO)C(O)C(O)C3O)C(O)C2O)C(O)C1O)C(O)/C=C/CCCCCCCCCCCCCCCCCCCCCCCC. The Balaban J connectivity index is 1.42. The zero-order valence-electron chi connectivity index (χ0n) is 57.5. The number of hydrogen-bond acceptors (Lipinski definition) is 18. The van der Waals surface area contributed by atoms with E-state index in [0.29, 0.717) is 6.42 Å². The van der Waals surface area contributed by atoms with Crippen molar-refractivity contribution in [2.24, 2.45) is 0 Å². The van der Waals surface area contributed by atoms with Gasteiger partial charge in [0, 0.05) is 6.42 Å². The number of hydrogen-bond donors (Lipinski definition) is 12. The first kappa shape index (κ1) is 84.5. The first-order chi connectivity index (χ1) is 44.8. The van der Waals surface area contributed by atoms with Gasteiger partial charge >= 0.3 is 0 Å². The van der Waals surface area contributed by atoms with Crippen LogP contribution < -0.4 is 5.32 Å². The van der Waals surface area contributed by atoms with Crippen LogP contribution in [0.4, 0.5) is 0 Å². The summed E-state index contributed by atoms with van der Waals surface area (Å²) >= 11 is 0. The van der Waals surface area contributed by atoms with Crippen molar-refractivity contribution in [2.75, 3.05) is 26.4 Å². The summed E-state index contributed by atoms with van der Waals surface area (Å²) in [7, 11) is 0. The molecule has 19 nitrogen and oxygen atoms in total. The maximum Gasteiger partial charge on any atom is 0.220 e. The monoisotopic (exact) mass is 1320 g/mol. The second kappa shape index (κ2) is 55.2. The van der Waals surface area contributed by atoms with Crippen LogP contribution in [0, 0.1) is 0 Å². The molecule has 0 bridgehead atoms. The molecule has 3 rings (SSSR count). The highest BCUT2D eigenvalue weighted by atomic mass is 16.8. The van der Waals surface area contributed by atoms with Crippen molar-refractivity contribution < 1.29 is 89.4 Å². The van der Waals surface area contributed by atoms with Crippen molar-refractivity contribution in [1.29, 1.82) is 0 Å². The number of nitrogens with one attached hydrogen (secondary N) is 1. The quantitative estimate of drug-likeness (QED) is 0.0199. The van der Waals surface area contributed by atoms with Gasteiger partial charge in [0.05, 0.1) is 38.6 Å². The summed E-state index contributed by atoms with van der Waals surface area (Å²) in [5, 5.41) is 121. The molecule has 0 saturated carbocycles. The fourth-order valence-electron chi connectivity index (χ4n) is 12.9. The highest BCUT2D eigenvalue weighted by Crippen LogP contribution is 2.33. The van der Waals surface area contributed by atoms with Crippen molar-refractivity contribution in [2.45, 2.75) is 407 Å². The zero-order valence-corrected chi connectivity index (χ0v) is 57.5. The number of ether oxygens (including phenoxy) is 6. The van der Waals surface area contributed by atoms with Gasteiger partial charge in [-0.1, -0.05) is 276 Å². The van der Waals surface area contributed by atoms with Crippen LogP contribution >= 0.6 is 0 Å². The van der Waals surface area contributed by atoms with Gasteiger partial charge < -0.3 is 89.9 Å². The minimum atomic E-state index is -1.98. The molecule has 0 radical (unpaired) electrons. The van der Waals surface area contributed by atoms with Crippen LogP contribution in [-0.4, -0.2) is 193 Å². The lowest BCUT2D eigenvalue weighted by Crippen LogP contribution is -2.66. The van der Waals surface area contributed by atoms with E-state index >= 15 is 0 Å². The van der Waals surface area contributed by atoms with Gasteiger partial charge in [-0.15, -0.1) is 0 Å². The number of carbonyl (C=O) groups excluding carboxylic acids is 1. The van der Waals surface area contributed by atoms with Crippen LogP contribution in [0.2, 0.25) is 0 Å². The number of unbranched alkanes of at least 4 members (excludes halogenated alkanes) is 41. The van der Waals surface area contributed by atoms with Crippen LogP contribution in [0.15, 0.2) is 24.3 Å². The molecule has 12 N–H and O–H groups in total. The van der Waals surface area contributed by atoms with Gasteiger partial charge in [-0.25, -0.2) is 0 Å². The first-order valence-electron chi connectivity index (χ1n) is 37.6. The zero-order chi connectivity index (χ0) is 66.8. The number of aliphatic hydroxyl groups excluding tert-OH is 11. The maximum absolute atomic E-state index is 13.4. The Morgan fingerprint density at radius 2 is 0.685 bits per heavy atom. The Kier molecular flexibility index (Phi) is 50.7. The number of amides is 1. The first-order valence-corrected chi connectivity index (χ1v) is 37.6. The van der Waals surface area contributed by atoms with Crippen molar-refractivity contribution in [3.8, 4) is 0 Å². The molecule has 3 fully saturated rings. The van der Waals surface area contributed by atoms with Gasteiger partial charge in [-0.05, 0) is 44.9 Å². The maximum atomic E-state index is 13.4. The molecule has 17 atom stereocenters. The Bertz CT molecular complexity index is 1760. The van der Waals surface area contributed by atoms with E-state index in [9.17, 15) is 61.0 Å². The number of allylic oxidation sites excluding steroid dienone is 3. The highest BCUT2D eigenvalue weighted by molar-refractivity contribution is 5.76. The minimum absolute atomic E-state index is 0.245. The fraction of sp³-hybridized carbons (Fsp3) is 0.932. The van der Waals surface area contributed by atoms with Crippen molar-refractivity contribution in [3.63, 3.8) is 0 Å². The van der Waals surface area contributed by atoms with E-state index < -0.39 is 124 Å². The second-order valence-electron chi connectivity index (χ2n) is 27.1. The van der Waals surface area contributed by atoms with E-state index in [4.69, 9.17) is 28.4 Å². The number of rotatable bonds is 59. The van der Waals surface area contributed by atoms with Crippen LogP contribution in [0.25, 0.3) is 0 Å². The van der Waals surface area contributed by atoms with Crippen molar-refractivity contribution in [1.82, 2.24) is 5.32 Å². The van der Waals surface area contributed by atoms with E-state index in [1.807, 2.05) is 6.08 Å². The van der Waals surface area contributed by atoms with Gasteiger partial charge in [0.2, 0.25) is 5.91 Å². The van der Waals surface area contributed by atoms with Gasteiger partial charge in [0.25, 0.3) is 0 Å². The van der Waals surface area contributed by atoms with E-state index in [-0.39, 0.29) is 18.9 Å². The molecule has 0 aromatic carbocycles. The Hall–Kier alpha value is -1.73. The predicted molar refractivity (Wildman–Crippen MR) is 360 cm³/mol. The predicted octanol–water partition coefficient (Wildman–Crippen LogP) is 11.0. The lowest BCUT2D eigenvalue weighted by Gasteiger charge is -2.48. The molecule has 3 heterocycles. The summed E-state index contributed by atoms with van der Waals surface area (Å²) in [6.07, 6.45) is 37.2. The highest BCUT2D eigenvalue weighted by Gasteiger charge is 2.53. The van der Waals surface area contributed by atoms with Crippen LogP contribution in [0.5, 0.6) is 0 Å². The van der Waals surface area contributed by atoms with Gasteiger partial charge in [-0.3, -0.25) is 4.79 Å². The molecule has 0 aromatic heterocycles. The Labute approximate surface area is 556 Å². The summed E-state index contributed by atoms with van der Waals surface area (Å²) in [4.78, 5) is 13.4. The average Bonchev–Trinajstić information content (AvgIpc) is 0.838. The van der Waals surface area contributed by atoms with Crippen LogP contribution in [-0.2, 0) is 33.2 Å². The van der Waals surface area contributed by atoms with Crippen LogP contribution in [0.1, 0.15) is 303 Å². The third-order valence-corrected chi connectivity index (χ3v) is 19.0. The molecule has 3 saturated heterocycles. The topological polar surface area (TPSA) is 307 Å². The molecule has 0 spiro atoms. The Morgan fingerprint density at radius 1 is 0.380 bits per heavy atom. The average molecular weight is 1320 g/mol. The summed E-state index contributed by atoms with van der Waals surface area (Å²) in [5.74, 6) is -0.272. The molecular formula is C73H137NO18. The summed E-state index contributed by atoms with van der Waals surface area (Å²) in [5.41, 5.74) is 0. The van der Waals surface area contributed by atoms with Gasteiger partial charge in [0.15, 0.2) is 18.9 Å². The molecule has 17 unspecified atom stereocenters. The molecule has 19 heteroatoms. The smallest absolute Gasteiger partial charge is 0.220 e. The molecule has 92 heavy (non-hydrogen) atoms. The third-order valence-electron chi connectivity index (χ3n) is 19.0. The Morgan fingerprint density at radius 3 is 1.05 bits per heavy atom. The van der Waals surface area contributed by atoms with Crippen molar-refractivity contribution in [3.05, 3.63) is 24.3 Å². The third kappa shape index (κ3) is 36.2. The van der Waals surface area contributed by atoms with Gasteiger partial charge in [-0.2, -0.15) is 0 Å². The summed E-state index contributed by atoms with van der Waals surface area (Å²) in [6, 6.07) is -0.973. The molecular weight excluding hydrogens is 1180 g/mol. The van der Waals surface area contributed by atoms with Crippen LogP contribution in [0.3, 0.4) is 0 Å². The molecule has 542 valence electrons.